The van der Waals surface area contributed by atoms with Crippen molar-refractivity contribution in [1.29, 1.82) is 0 Å². The van der Waals surface area contributed by atoms with Crippen molar-refractivity contribution < 1.29 is 4.74 Å². The first-order valence-electron chi connectivity index (χ1n) is 6.16. The van der Waals surface area contributed by atoms with Crippen LogP contribution in [0.15, 0.2) is 17.0 Å². The molecule has 0 aliphatic heterocycles. The van der Waals surface area contributed by atoms with Gasteiger partial charge in [0.05, 0.1) is 7.11 Å². The Hall–Kier alpha value is -0.670. The summed E-state index contributed by atoms with van der Waals surface area (Å²) in [7, 11) is 1.75. The van der Waals surface area contributed by atoms with E-state index in [1.807, 2.05) is 11.8 Å². The first kappa shape index (κ1) is 12.8. The normalized spacial score (nSPS) is 16.9. The summed E-state index contributed by atoms with van der Waals surface area (Å²) < 4.78 is 5.49. The molecule has 1 aliphatic rings. The minimum atomic E-state index is 0.234. The number of thioether (sulfide) groups is 1. The van der Waals surface area contributed by atoms with Crippen LogP contribution in [-0.4, -0.2) is 19.9 Å². The summed E-state index contributed by atoms with van der Waals surface area (Å²) in [6.45, 7) is 2.91. The predicted molar refractivity (Wildman–Crippen MR) is 74.1 cm³/mol. The van der Waals surface area contributed by atoms with E-state index in [9.17, 15) is 0 Å². The molecule has 0 saturated heterocycles. The minimum Gasteiger partial charge on any atom is -0.496 e. The molecule has 2 N–H and O–H groups in total. The van der Waals surface area contributed by atoms with E-state index in [0.29, 0.717) is 0 Å². The van der Waals surface area contributed by atoms with E-state index < -0.39 is 0 Å². The Morgan fingerprint density at radius 3 is 2.53 bits per heavy atom. The SMILES string of the molecule is CCc1cc(SC)c(C2(CN)CC2)cc1OC. The second-order valence-electron chi connectivity index (χ2n) is 4.70. The van der Waals surface area contributed by atoms with Crippen LogP contribution in [-0.2, 0) is 11.8 Å². The molecule has 94 valence electrons. The summed E-state index contributed by atoms with van der Waals surface area (Å²) in [5.74, 6) is 1.01. The van der Waals surface area contributed by atoms with Gasteiger partial charge >= 0.3 is 0 Å². The summed E-state index contributed by atoms with van der Waals surface area (Å²) in [5.41, 5.74) is 8.85. The van der Waals surface area contributed by atoms with Crippen LogP contribution in [0.2, 0.25) is 0 Å². The lowest BCUT2D eigenvalue weighted by Crippen LogP contribution is -2.20. The largest absolute Gasteiger partial charge is 0.496 e. The zero-order valence-corrected chi connectivity index (χ0v) is 11.7. The molecule has 0 amide bonds. The van der Waals surface area contributed by atoms with E-state index in [-0.39, 0.29) is 5.41 Å². The van der Waals surface area contributed by atoms with Crippen molar-refractivity contribution in [2.75, 3.05) is 19.9 Å². The monoisotopic (exact) mass is 251 g/mol. The summed E-state index contributed by atoms with van der Waals surface area (Å²) in [5, 5.41) is 0. The van der Waals surface area contributed by atoms with Crippen molar-refractivity contribution in [3.05, 3.63) is 23.3 Å². The maximum Gasteiger partial charge on any atom is 0.122 e. The third kappa shape index (κ3) is 2.18. The Morgan fingerprint density at radius 2 is 2.12 bits per heavy atom. The highest BCUT2D eigenvalue weighted by molar-refractivity contribution is 7.98. The van der Waals surface area contributed by atoms with Crippen molar-refractivity contribution in [1.82, 2.24) is 0 Å². The molecule has 2 rings (SSSR count). The number of rotatable bonds is 5. The van der Waals surface area contributed by atoms with E-state index in [0.717, 1.165) is 18.7 Å². The van der Waals surface area contributed by atoms with Crippen LogP contribution in [0.1, 0.15) is 30.9 Å². The highest BCUT2D eigenvalue weighted by Crippen LogP contribution is 2.51. The van der Waals surface area contributed by atoms with E-state index in [1.54, 1.807) is 7.11 Å². The first-order valence-corrected chi connectivity index (χ1v) is 7.38. The number of aryl methyl sites for hydroxylation is 1. The third-order valence-corrected chi connectivity index (χ3v) is 4.58. The second-order valence-corrected chi connectivity index (χ2v) is 5.55. The number of ether oxygens (including phenoxy) is 1. The molecular formula is C14H21NOS. The Bertz CT molecular complexity index is 413. The van der Waals surface area contributed by atoms with Gasteiger partial charge in [-0.15, -0.1) is 11.8 Å². The molecule has 2 nitrogen and oxygen atoms in total. The van der Waals surface area contributed by atoms with Gasteiger partial charge < -0.3 is 10.5 Å². The van der Waals surface area contributed by atoms with E-state index >= 15 is 0 Å². The summed E-state index contributed by atoms with van der Waals surface area (Å²) in [6, 6.07) is 4.49. The topological polar surface area (TPSA) is 35.2 Å². The molecular weight excluding hydrogens is 230 g/mol. The highest BCUT2D eigenvalue weighted by Gasteiger charge is 2.44. The molecule has 0 radical (unpaired) electrons. The molecule has 17 heavy (non-hydrogen) atoms. The Morgan fingerprint density at radius 1 is 1.41 bits per heavy atom. The fourth-order valence-electron chi connectivity index (χ4n) is 2.39. The van der Waals surface area contributed by atoms with Gasteiger partial charge in [0.25, 0.3) is 0 Å². The predicted octanol–water partition coefficient (Wildman–Crippen LogP) is 2.97. The Kier molecular flexibility index (Phi) is 3.69. The number of methoxy groups -OCH3 is 1. The highest BCUT2D eigenvalue weighted by atomic mass is 32.2. The molecule has 0 heterocycles. The van der Waals surface area contributed by atoms with E-state index in [4.69, 9.17) is 10.5 Å². The van der Waals surface area contributed by atoms with Crippen LogP contribution in [0.5, 0.6) is 5.75 Å². The van der Waals surface area contributed by atoms with E-state index in [1.165, 1.54) is 28.9 Å². The minimum absolute atomic E-state index is 0.234. The molecule has 0 bridgehead atoms. The van der Waals surface area contributed by atoms with Crippen LogP contribution in [0.3, 0.4) is 0 Å². The van der Waals surface area contributed by atoms with Gasteiger partial charge in [0.1, 0.15) is 5.75 Å². The van der Waals surface area contributed by atoms with Gasteiger partial charge in [-0.25, -0.2) is 0 Å². The lowest BCUT2D eigenvalue weighted by Gasteiger charge is -2.20. The Labute approximate surface area is 108 Å². The van der Waals surface area contributed by atoms with Gasteiger partial charge in [0.15, 0.2) is 0 Å². The van der Waals surface area contributed by atoms with Crippen LogP contribution in [0.4, 0.5) is 0 Å². The Balaban J connectivity index is 2.50. The number of nitrogens with two attached hydrogens (primary N) is 1. The van der Waals surface area contributed by atoms with Gasteiger partial charge in [-0.2, -0.15) is 0 Å². The second kappa shape index (κ2) is 4.91. The lowest BCUT2D eigenvalue weighted by atomic mass is 9.94. The van der Waals surface area contributed by atoms with Gasteiger partial charge in [0, 0.05) is 16.9 Å². The first-order chi connectivity index (χ1) is 8.20. The molecule has 1 aliphatic carbocycles. The smallest absolute Gasteiger partial charge is 0.122 e. The van der Waals surface area contributed by atoms with E-state index in [2.05, 4.69) is 25.3 Å². The average Bonchev–Trinajstić information content (AvgIpc) is 3.18. The van der Waals surface area contributed by atoms with Gasteiger partial charge in [-0.05, 0) is 48.8 Å². The molecule has 0 unspecified atom stereocenters. The fraction of sp³-hybridized carbons (Fsp3) is 0.571. The van der Waals surface area contributed by atoms with Gasteiger partial charge in [0.2, 0.25) is 0 Å². The molecule has 0 aromatic heterocycles. The van der Waals surface area contributed by atoms with Crippen molar-refractivity contribution in [2.45, 2.75) is 36.5 Å². The van der Waals surface area contributed by atoms with Crippen LogP contribution >= 0.6 is 11.8 Å². The zero-order chi connectivity index (χ0) is 12.5. The van der Waals surface area contributed by atoms with Crippen molar-refractivity contribution in [2.24, 2.45) is 5.73 Å². The van der Waals surface area contributed by atoms with Crippen LogP contribution < -0.4 is 10.5 Å². The third-order valence-electron chi connectivity index (χ3n) is 3.80. The van der Waals surface area contributed by atoms with Crippen molar-refractivity contribution in [3.63, 3.8) is 0 Å². The number of benzene rings is 1. The molecule has 3 heteroatoms. The molecule has 1 aromatic rings. The standard InChI is InChI=1S/C14H21NOS/c1-4-10-7-13(17-3)11(8-12(10)16-2)14(9-15)5-6-14/h7-8H,4-6,9,15H2,1-3H3. The summed E-state index contributed by atoms with van der Waals surface area (Å²) >= 11 is 1.82. The maximum absolute atomic E-state index is 5.94. The van der Waals surface area contributed by atoms with Crippen molar-refractivity contribution in [3.8, 4) is 5.75 Å². The molecule has 0 atom stereocenters. The molecule has 0 spiro atoms. The van der Waals surface area contributed by atoms with Crippen molar-refractivity contribution >= 4 is 11.8 Å². The van der Waals surface area contributed by atoms with Crippen LogP contribution in [0.25, 0.3) is 0 Å². The van der Waals surface area contributed by atoms with Gasteiger partial charge in [-0.1, -0.05) is 6.92 Å². The number of hydrogen-bond donors (Lipinski definition) is 1. The molecule has 1 aromatic carbocycles. The zero-order valence-electron chi connectivity index (χ0n) is 10.9. The number of hydrogen-bond acceptors (Lipinski definition) is 3. The molecule has 1 saturated carbocycles. The summed E-state index contributed by atoms with van der Waals surface area (Å²) in [4.78, 5) is 1.37. The summed E-state index contributed by atoms with van der Waals surface area (Å²) in [6.07, 6.45) is 5.57. The molecule has 1 fully saturated rings. The average molecular weight is 251 g/mol. The lowest BCUT2D eigenvalue weighted by molar-refractivity contribution is 0.408. The quantitative estimate of drug-likeness (QED) is 0.817. The fourth-order valence-corrected chi connectivity index (χ4v) is 3.14. The maximum atomic E-state index is 5.94. The van der Waals surface area contributed by atoms with Gasteiger partial charge in [-0.3, -0.25) is 0 Å². The van der Waals surface area contributed by atoms with Crippen LogP contribution in [0, 0.1) is 0 Å².